The Kier molecular flexibility index (Phi) is 26.4. The molecular formula is C27H61N3Si2W-4. The van der Waals surface area contributed by atoms with Gasteiger partial charge in [0.15, 0.2) is 0 Å². The second kappa shape index (κ2) is 21.5. The van der Waals surface area contributed by atoms with Crippen LogP contribution in [0.2, 0.25) is 36.3 Å². The summed E-state index contributed by atoms with van der Waals surface area (Å²) in [5, 5.41) is 8.57. The maximum atomic E-state index is 4.29. The Morgan fingerprint density at radius 3 is 0.909 bits per heavy atom. The van der Waals surface area contributed by atoms with Crippen LogP contribution in [0.4, 0.5) is 0 Å². The summed E-state index contributed by atoms with van der Waals surface area (Å²) < 4.78 is 3.97. The second-order valence-electron chi connectivity index (χ2n) is 11.2. The van der Waals surface area contributed by atoms with E-state index < -0.39 is 16.1 Å². The third kappa shape index (κ3) is 34.5. The molecule has 0 amide bonds. The van der Waals surface area contributed by atoms with Gasteiger partial charge in [-0.15, -0.1) is 11.1 Å². The first-order valence-corrected chi connectivity index (χ1v) is 19.9. The molecule has 0 aliphatic heterocycles. The van der Waals surface area contributed by atoms with E-state index >= 15 is 0 Å². The molecule has 6 heteroatoms. The number of rotatable bonds is 9. The van der Waals surface area contributed by atoms with Gasteiger partial charge < -0.3 is 23.7 Å². The molecule has 33 heavy (non-hydrogen) atoms. The van der Waals surface area contributed by atoms with Gasteiger partial charge in [-0.25, -0.2) is 12.4 Å². The van der Waals surface area contributed by atoms with Gasteiger partial charge in [0, 0.05) is 0 Å². The molecule has 0 atom stereocenters. The first-order valence-electron chi connectivity index (χ1n) is 13.0. The van der Waals surface area contributed by atoms with Gasteiger partial charge >= 0.3 is 43.0 Å². The third-order valence-corrected chi connectivity index (χ3v) is 16.2. The van der Waals surface area contributed by atoms with Crippen LogP contribution in [-0.2, 0) is 19.6 Å². The van der Waals surface area contributed by atoms with Gasteiger partial charge in [0.2, 0.25) is 0 Å². The molecule has 0 spiro atoms. The van der Waals surface area contributed by atoms with E-state index in [9.17, 15) is 0 Å². The summed E-state index contributed by atoms with van der Waals surface area (Å²) in [4.78, 5) is 0. The van der Waals surface area contributed by atoms with Gasteiger partial charge in [0.05, 0.1) is 0 Å². The zero-order chi connectivity index (χ0) is 27.4. The second-order valence-corrected chi connectivity index (χ2v) is 22.2. The van der Waals surface area contributed by atoms with Crippen LogP contribution < -0.4 is 0 Å². The van der Waals surface area contributed by atoms with Gasteiger partial charge in [0.1, 0.15) is 0 Å². The molecule has 0 saturated carbocycles. The van der Waals surface area contributed by atoms with Crippen LogP contribution in [0.3, 0.4) is 0 Å². The molecular weight excluding hydrogens is 606 g/mol. The van der Waals surface area contributed by atoms with E-state index in [4.69, 9.17) is 0 Å². The van der Waals surface area contributed by atoms with Crippen LogP contribution in [-0.4, -0.2) is 33.3 Å². The monoisotopic (exact) mass is 667 g/mol. The first kappa shape index (κ1) is 40.4. The molecule has 0 unspecified atom stereocenters. The normalized spacial score (nSPS) is 12.0. The van der Waals surface area contributed by atoms with Crippen molar-refractivity contribution in [3.63, 3.8) is 0 Å². The van der Waals surface area contributed by atoms with Crippen molar-refractivity contribution in [3.8, 4) is 0 Å². The average Bonchev–Trinajstić information content (AvgIpc) is 2.75. The van der Waals surface area contributed by atoms with Crippen LogP contribution in [0.15, 0.2) is 15.9 Å². The zero-order valence-corrected chi connectivity index (χ0v) is 30.1. The SMILES string of the molecule is CC(C)(C)[N-]/C=C\[N-]C(C)(C)C.CC(C)[N]=[W].[CH2-][Si](CC)(CC)CC.[CH2-][Si](CC)(CC)CC. The predicted octanol–water partition coefficient (Wildman–Crippen LogP) is 10.7. The zero-order valence-electron chi connectivity index (χ0n) is 25.1. The fourth-order valence-corrected chi connectivity index (χ4v) is 5.01. The molecule has 202 valence electrons. The molecule has 0 aromatic rings. The summed E-state index contributed by atoms with van der Waals surface area (Å²) in [5.41, 5.74) is 0.00775. The third-order valence-electron chi connectivity index (χ3n) is 5.70. The van der Waals surface area contributed by atoms with E-state index in [2.05, 4.69) is 124 Å². The van der Waals surface area contributed by atoms with Gasteiger partial charge in [-0.2, -0.15) is 0 Å². The summed E-state index contributed by atoms with van der Waals surface area (Å²) in [6.07, 6.45) is 3.54. The Hall–Kier alpha value is 0.262. The quantitative estimate of drug-likeness (QED) is 0.173. The summed E-state index contributed by atoms with van der Waals surface area (Å²) in [5.74, 6) is 0. The van der Waals surface area contributed by atoms with E-state index in [0.717, 1.165) is 0 Å². The maximum Gasteiger partial charge on any atom is -0.0700 e. The topological polar surface area (TPSA) is 40.6 Å². The fourth-order valence-electron chi connectivity index (χ4n) is 2.01. The Balaban J connectivity index is -0.000000178. The number of hydrogen-bond donors (Lipinski definition) is 0. The Bertz CT molecular complexity index is 406. The van der Waals surface area contributed by atoms with Crippen molar-refractivity contribution >= 4 is 16.1 Å². The van der Waals surface area contributed by atoms with Crippen LogP contribution in [0, 0.1) is 13.1 Å². The van der Waals surface area contributed by atoms with Crippen molar-refractivity contribution in [2.24, 2.45) is 3.50 Å². The minimum Gasteiger partial charge on any atom is -0.342 e. The van der Waals surface area contributed by atoms with Gasteiger partial charge in [0.25, 0.3) is 0 Å². The molecule has 0 heterocycles. The molecule has 0 aromatic heterocycles. The molecule has 3 nitrogen and oxygen atoms in total. The Labute approximate surface area is 224 Å². The Morgan fingerprint density at radius 1 is 0.667 bits per heavy atom. The molecule has 0 N–H and O–H groups in total. The molecule has 0 aliphatic carbocycles. The standard InChI is InChI=1S/C10H20N2.2C7H17Si.C3H7N.W/c1-9(2,3)11-7-8-12-10(4,5)6;2*1-5-8(4,6-2)7-3;1-3(2)4;/h7-8H,1-6H3;2*4-7H2,1-3H3;3H,1-2H3;/q-2;2*-1;;/b8-7-;;;;. The van der Waals surface area contributed by atoms with Crippen molar-refractivity contribution in [1.82, 2.24) is 0 Å². The van der Waals surface area contributed by atoms with Crippen molar-refractivity contribution in [2.45, 2.75) is 150 Å². The van der Waals surface area contributed by atoms with Crippen molar-refractivity contribution in [2.75, 3.05) is 0 Å². The summed E-state index contributed by atoms with van der Waals surface area (Å²) in [7, 11) is -1.84. The molecule has 0 aromatic carbocycles. The first-order chi connectivity index (χ1) is 14.8. The molecule has 0 bridgehead atoms. The van der Waals surface area contributed by atoms with Gasteiger partial charge in [-0.05, 0) is 0 Å². The minimum atomic E-state index is -0.921. The van der Waals surface area contributed by atoms with Crippen LogP contribution in [0.25, 0.3) is 10.6 Å². The Morgan fingerprint density at radius 2 is 0.848 bits per heavy atom. The fraction of sp³-hybridized carbons (Fsp3) is 0.852. The van der Waals surface area contributed by atoms with E-state index in [0.29, 0.717) is 6.04 Å². The van der Waals surface area contributed by atoms with E-state index in [1.807, 2.05) is 0 Å². The number of hydrogen-bond acceptors (Lipinski definition) is 1. The van der Waals surface area contributed by atoms with Crippen LogP contribution >= 0.6 is 0 Å². The summed E-state index contributed by atoms with van der Waals surface area (Å²) >= 11 is 1.33. The molecule has 0 aliphatic rings. The van der Waals surface area contributed by atoms with Crippen LogP contribution in [0.1, 0.15) is 96.9 Å². The smallest absolute Gasteiger partial charge is 0.0700 e. The van der Waals surface area contributed by atoms with Crippen LogP contribution in [0.5, 0.6) is 0 Å². The average molecular weight is 668 g/mol. The summed E-state index contributed by atoms with van der Waals surface area (Å²) in [6.45, 7) is 38.7. The number of nitrogens with zero attached hydrogens (tertiary/aromatic N) is 3. The van der Waals surface area contributed by atoms with Crippen molar-refractivity contribution in [3.05, 3.63) is 36.1 Å². The van der Waals surface area contributed by atoms with Crippen molar-refractivity contribution < 1.29 is 19.6 Å². The molecule has 0 saturated heterocycles. The molecule has 0 radical (unpaired) electrons. The van der Waals surface area contributed by atoms with E-state index in [-0.39, 0.29) is 11.1 Å². The maximum absolute atomic E-state index is 4.29. The van der Waals surface area contributed by atoms with E-state index in [1.54, 1.807) is 12.4 Å². The van der Waals surface area contributed by atoms with Crippen molar-refractivity contribution in [1.29, 1.82) is 0 Å². The summed E-state index contributed by atoms with van der Waals surface area (Å²) in [6, 6.07) is 8.63. The van der Waals surface area contributed by atoms with Gasteiger partial charge in [-0.1, -0.05) is 135 Å². The predicted molar refractivity (Wildman–Crippen MR) is 158 cm³/mol. The van der Waals surface area contributed by atoms with E-state index in [1.165, 1.54) is 55.9 Å². The largest absolute Gasteiger partial charge is 0.342 e. The molecule has 0 rings (SSSR count). The molecule has 0 fully saturated rings. The minimum absolute atomic E-state index is 0.00387. The van der Waals surface area contributed by atoms with Gasteiger partial charge in [-0.3, -0.25) is 0 Å².